The molecule has 0 aliphatic rings. The number of carbonyl (C=O) groups excluding carboxylic acids is 1. The molecule has 2 rings (SSSR count). The van der Waals surface area contributed by atoms with Crippen molar-refractivity contribution in [1.82, 2.24) is 0 Å². The van der Waals surface area contributed by atoms with Crippen LogP contribution in [-0.4, -0.2) is 17.6 Å². The van der Waals surface area contributed by atoms with Gasteiger partial charge in [0, 0.05) is 12.3 Å². The Morgan fingerprint density at radius 2 is 1.90 bits per heavy atom. The number of anilines is 2. The maximum Gasteiger partial charge on any atom is 0.257 e. The number of halogens is 1. The Hall–Kier alpha value is -2.04. The highest BCUT2D eigenvalue weighted by atomic mass is 35.5. The van der Waals surface area contributed by atoms with Crippen molar-refractivity contribution in [3.63, 3.8) is 0 Å². The lowest BCUT2D eigenvalue weighted by Gasteiger charge is -2.09. The summed E-state index contributed by atoms with van der Waals surface area (Å²) in [5, 5.41) is 12.0. The van der Waals surface area contributed by atoms with E-state index in [0.717, 1.165) is 5.56 Å². The summed E-state index contributed by atoms with van der Waals surface area (Å²) >= 11 is 5.89. The normalized spacial score (nSPS) is 10.3. The molecule has 0 aliphatic heterocycles. The predicted molar refractivity (Wildman–Crippen MR) is 81.0 cm³/mol. The van der Waals surface area contributed by atoms with Gasteiger partial charge in [-0.05, 0) is 36.2 Å². The van der Waals surface area contributed by atoms with E-state index in [4.69, 9.17) is 22.4 Å². The Bertz CT molecular complexity index is 612. The molecule has 0 unspecified atom stereocenters. The van der Waals surface area contributed by atoms with Crippen LogP contribution in [0.4, 0.5) is 11.4 Å². The molecule has 0 spiro atoms. The third-order valence-corrected chi connectivity index (χ3v) is 3.24. The smallest absolute Gasteiger partial charge is 0.257 e. The zero-order valence-corrected chi connectivity index (χ0v) is 11.5. The number of nitrogens with one attached hydrogen (secondary N) is 1. The molecule has 0 saturated heterocycles. The highest BCUT2D eigenvalue weighted by molar-refractivity contribution is 6.34. The number of para-hydroxylation sites is 1. The molecule has 0 fully saturated rings. The summed E-state index contributed by atoms with van der Waals surface area (Å²) < 4.78 is 0. The minimum atomic E-state index is -0.306. The van der Waals surface area contributed by atoms with Crippen molar-refractivity contribution in [3.8, 4) is 0 Å². The first-order chi connectivity index (χ1) is 9.61. The van der Waals surface area contributed by atoms with E-state index < -0.39 is 0 Å². The van der Waals surface area contributed by atoms with E-state index in [-0.39, 0.29) is 18.2 Å². The second-order valence-corrected chi connectivity index (χ2v) is 4.73. The Balaban J connectivity index is 2.13. The predicted octanol–water partition coefficient (Wildman–Crippen LogP) is 2.71. The lowest BCUT2D eigenvalue weighted by Crippen LogP contribution is -2.14. The SMILES string of the molecule is Nc1c(Cl)cccc1C(=O)Nc1ccc(CCO)cc1. The highest BCUT2D eigenvalue weighted by Crippen LogP contribution is 2.23. The van der Waals surface area contributed by atoms with Crippen LogP contribution in [0.2, 0.25) is 5.02 Å². The third kappa shape index (κ3) is 3.29. The van der Waals surface area contributed by atoms with Crippen molar-refractivity contribution in [1.29, 1.82) is 0 Å². The number of hydrogen-bond donors (Lipinski definition) is 3. The van der Waals surface area contributed by atoms with Gasteiger partial charge in [-0.15, -0.1) is 0 Å². The van der Waals surface area contributed by atoms with Gasteiger partial charge in [0.05, 0.1) is 16.3 Å². The molecular weight excluding hydrogens is 276 g/mol. The molecule has 1 amide bonds. The lowest BCUT2D eigenvalue weighted by molar-refractivity contribution is 0.102. The molecule has 2 aromatic rings. The molecule has 4 nitrogen and oxygen atoms in total. The number of nitrogen functional groups attached to an aromatic ring is 1. The number of amides is 1. The van der Waals surface area contributed by atoms with Crippen molar-refractivity contribution in [2.75, 3.05) is 17.7 Å². The zero-order chi connectivity index (χ0) is 14.5. The number of benzene rings is 2. The van der Waals surface area contributed by atoms with Gasteiger partial charge in [0.2, 0.25) is 0 Å². The number of nitrogens with two attached hydrogens (primary N) is 1. The fourth-order valence-corrected chi connectivity index (χ4v) is 1.99. The second-order valence-electron chi connectivity index (χ2n) is 4.33. The van der Waals surface area contributed by atoms with Gasteiger partial charge in [0.1, 0.15) is 0 Å². The van der Waals surface area contributed by atoms with Gasteiger partial charge in [-0.25, -0.2) is 0 Å². The van der Waals surface area contributed by atoms with Crippen LogP contribution < -0.4 is 11.1 Å². The summed E-state index contributed by atoms with van der Waals surface area (Å²) in [5.74, 6) is -0.306. The molecule has 0 radical (unpaired) electrons. The number of aliphatic hydroxyl groups excluding tert-OH is 1. The fraction of sp³-hybridized carbons (Fsp3) is 0.133. The summed E-state index contributed by atoms with van der Waals surface area (Å²) in [7, 11) is 0. The molecule has 20 heavy (non-hydrogen) atoms. The van der Waals surface area contributed by atoms with E-state index in [1.54, 1.807) is 30.3 Å². The van der Waals surface area contributed by atoms with Gasteiger partial charge in [-0.2, -0.15) is 0 Å². The van der Waals surface area contributed by atoms with Crippen LogP contribution in [0, 0.1) is 0 Å². The summed E-state index contributed by atoms with van der Waals surface area (Å²) in [6.45, 7) is 0.102. The van der Waals surface area contributed by atoms with Crippen LogP contribution in [0.5, 0.6) is 0 Å². The van der Waals surface area contributed by atoms with Gasteiger partial charge in [-0.3, -0.25) is 4.79 Å². The van der Waals surface area contributed by atoms with Gasteiger partial charge in [-0.1, -0.05) is 29.8 Å². The number of hydrogen-bond acceptors (Lipinski definition) is 3. The number of aliphatic hydroxyl groups is 1. The quantitative estimate of drug-likeness (QED) is 0.758. The van der Waals surface area contributed by atoms with Crippen LogP contribution in [0.25, 0.3) is 0 Å². The first-order valence-corrected chi connectivity index (χ1v) is 6.54. The van der Waals surface area contributed by atoms with E-state index >= 15 is 0 Å². The molecule has 0 aromatic heterocycles. The summed E-state index contributed by atoms with van der Waals surface area (Å²) in [6.07, 6.45) is 0.593. The zero-order valence-electron chi connectivity index (χ0n) is 10.8. The molecule has 5 heteroatoms. The lowest BCUT2D eigenvalue weighted by atomic mass is 10.1. The van der Waals surface area contributed by atoms with Crippen molar-refractivity contribution >= 4 is 28.9 Å². The average Bonchev–Trinajstić information content (AvgIpc) is 2.44. The Morgan fingerprint density at radius 1 is 1.20 bits per heavy atom. The van der Waals surface area contributed by atoms with Crippen LogP contribution in [0.1, 0.15) is 15.9 Å². The first-order valence-electron chi connectivity index (χ1n) is 6.17. The summed E-state index contributed by atoms with van der Waals surface area (Å²) in [5.41, 5.74) is 8.06. The molecule has 0 aliphatic carbocycles. The van der Waals surface area contributed by atoms with E-state index in [1.807, 2.05) is 12.1 Å². The molecule has 104 valence electrons. The standard InChI is InChI=1S/C15H15ClN2O2/c16-13-3-1-2-12(14(13)17)15(20)18-11-6-4-10(5-7-11)8-9-19/h1-7,19H,8-9,17H2,(H,18,20). The van der Waals surface area contributed by atoms with E-state index in [9.17, 15) is 4.79 Å². The van der Waals surface area contributed by atoms with Crippen LogP contribution in [0.15, 0.2) is 42.5 Å². The molecule has 0 atom stereocenters. The largest absolute Gasteiger partial charge is 0.397 e. The van der Waals surface area contributed by atoms with E-state index in [2.05, 4.69) is 5.32 Å². The minimum absolute atomic E-state index is 0.102. The van der Waals surface area contributed by atoms with Gasteiger partial charge in [0.15, 0.2) is 0 Å². The highest BCUT2D eigenvalue weighted by Gasteiger charge is 2.11. The van der Waals surface area contributed by atoms with Crippen molar-refractivity contribution in [2.45, 2.75) is 6.42 Å². The van der Waals surface area contributed by atoms with Gasteiger partial charge < -0.3 is 16.2 Å². The third-order valence-electron chi connectivity index (χ3n) is 2.91. The first kappa shape index (κ1) is 14.4. The topological polar surface area (TPSA) is 75.4 Å². The minimum Gasteiger partial charge on any atom is -0.397 e. The summed E-state index contributed by atoms with van der Waals surface area (Å²) in [6, 6.07) is 12.2. The average molecular weight is 291 g/mol. The van der Waals surface area contributed by atoms with Crippen LogP contribution in [-0.2, 0) is 6.42 Å². The molecular formula is C15H15ClN2O2. The van der Waals surface area contributed by atoms with Crippen molar-refractivity contribution in [2.24, 2.45) is 0 Å². The Kier molecular flexibility index (Phi) is 4.61. The maximum atomic E-state index is 12.1. The van der Waals surface area contributed by atoms with Crippen molar-refractivity contribution in [3.05, 3.63) is 58.6 Å². The van der Waals surface area contributed by atoms with E-state index in [0.29, 0.717) is 22.7 Å². The second kappa shape index (κ2) is 6.41. The maximum absolute atomic E-state index is 12.1. The number of carbonyl (C=O) groups is 1. The molecule has 4 N–H and O–H groups in total. The molecule has 2 aromatic carbocycles. The Morgan fingerprint density at radius 3 is 2.55 bits per heavy atom. The van der Waals surface area contributed by atoms with Gasteiger partial charge in [0.25, 0.3) is 5.91 Å². The van der Waals surface area contributed by atoms with Gasteiger partial charge >= 0.3 is 0 Å². The number of rotatable bonds is 4. The van der Waals surface area contributed by atoms with Crippen molar-refractivity contribution < 1.29 is 9.90 Å². The van der Waals surface area contributed by atoms with Crippen LogP contribution >= 0.6 is 11.6 Å². The summed E-state index contributed by atoms with van der Waals surface area (Å²) in [4.78, 5) is 12.1. The monoisotopic (exact) mass is 290 g/mol. The molecule has 0 heterocycles. The Labute approximate surface area is 122 Å². The van der Waals surface area contributed by atoms with Crippen LogP contribution in [0.3, 0.4) is 0 Å². The molecule has 0 bridgehead atoms. The fourth-order valence-electron chi connectivity index (χ4n) is 1.82. The molecule has 0 saturated carbocycles. The van der Waals surface area contributed by atoms with E-state index in [1.165, 1.54) is 0 Å².